The van der Waals surface area contributed by atoms with Crippen molar-refractivity contribution in [1.82, 2.24) is 10.2 Å². The van der Waals surface area contributed by atoms with Crippen molar-refractivity contribution in [2.75, 3.05) is 11.0 Å². The summed E-state index contributed by atoms with van der Waals surface area (Å²) in [5.74, 6) is 0. The number of anilines is 1. The zero-order valence-corrected chi connectivity index (χ0v) is 17.9. The zero-order chi connectivity index (χ0) is 23.0. The van der Waals surface area contributed by atoms with Gasteiger partial charge in [0.1, 0.15) is 4.90 Å². The Bertz CT molecular complexity index is 1330. The highest BCUT2D eigenvalue weighted by atomic mass is 35.5. The number of hydrogen-bond acceptors (Lipinski definition) is 6. The van der Waals surface area contributed by atoms with E-state index in [4.69, 9.17) is 11.6 Å². The second kappa shape index (κ2) is 8.09. The van der Waals surface area contributed by atoms with Crippen molar-refractivity contribution in [2.45, 2.75) is 16.1 Å². The van der Waals surface area contributed by atoms with Crippen LogP contribution in [0.1, 0.15) is 5.56 Å². The van der Waals surface area contributed by atoms with Crippen LogP contribution in [0.15, 0.2) is 64.5 Å². The van der Waals surface area contributed by atoms with E-state index in [0.717, 1.165) is 12.3 Å². The average Bonchev–Trinajstić information content (AvgIpc) is 2.67. The van der Waals surface area contributed by atoms with E-state index in [1.807, 2.05) is 0 Å². The standard InChI is InChI=1S/C18H13ClF3N3O4S2/c1-30(26,27)17-9-8-15(23-24-17)11-2-5-13(6-3-11)25-31(28,29)16-10-12(18(20,21)22)4-7-14(16)19/h2-10,25H,1H3. The molecule has 0 unspecified atom stereocenters. The second-order valence-electron chi connectivity index (χ2n) is 6.35. The van der Waals surface area contributed by atoms with Gasteiger partial charge in [0.15, 0.2) is 14.9 Å². The molecule has 0 bridgehead atoms. The van der Waals surface area contributed by atoms with Gasteiger partial charge in [-0.3, -0.25) is 4.72 Å². The molecule has 0 amide bonds. The lowest BCUT2D eigenvalue weighted by atomic mass is 10.1. The van der Waals surface area contributed by atoms with E-state index in [-0.39, 0.29) is 15.7 Å². The Morgan fingerprint density at radius 1 is 0.903 bits per heavy atom. The number of halogens is 4. The molecule has 0 aliphatic heterocycles. The third-order valence-electron chi connectivity index (χ3n) is 4.00. The van der Waals surface area contributed by atoms with Crippen LogP contribution in [-0.2, 0) is 26.0 Å². The smallest absolute Gasteiger partial charge is 0.280 e. The maximum absolute atomic E-state index is 12.9. The van der Waals surface area contributed by atoms with E-state index in [0.29, 0.717) is 23.4 Å². The minimum atomic E-state index is -4.73. The molecule has 1 N–H and O–H groups in total. The Hall–Kier alpha value is -2.70. The predicted octanol–water partition coefficient (Wildman–Crippen LogP) is 4.02. The summed E-state index contributed by atoms with van der Waals surface area (Å²) in [5.41, 5.74) is -0.239. The van der Waals surface area contributed by atoms with Crippen molar-refractivity contribution < 1.29 is 30.0 Å². The molecule has 0 saturated heterocycles. The highest BCUT2D eigenvalue weighted by Gasteiger charge is 2.32. The molecule has 0 aliphatic carbocycles. The number of rotatable bonds is 5. The fourth-order valence-corrected chi connectivity index (χ4v) is 4.57. The topological polar surface area (TPSA) is 106 Å². The summed E-state index contributed by atoms with van der Waals surface area (Å²) >= 11 is 5.80. The van der Waals surface area contributed by atoms with Crippen molar-refractivity contribution in [2.24, 2.45) is 0 Å². The third kappa shape index (κ3) is 5.32. The first-order valence-corrected chi connectivity index (χ1v) is 12.1. The average molecular weight is 492 g/mol. The first-order valence-electron chi connectivity index (χ1n) is 8.31. The van der Waals surface area contributed by atoms with Crippen molar-refractivity contribution in [3.05, 3.63) is 65.2 Å². The van der Waals surface area contributed by atoms with Gasteiger partial charge in [-0.05, 0) is 42.5 Å². The Morgan fingerprint density at radius 3 is 2.06 bits per heavy atom. The normalized spacial score (nSPS) is 12.5. The number of aromatic nitrogens is 2. The lowest BCUT2D eigenvalue weighted by Crippen LogP contribution is -2.15. The molecule has 0 radical (unpaired) electrons. The molecule has 31 heavy (non-hydrogen) atoms. The number of sulfonamides is 1. The van der Waals surface area contributed by atoms with E-state index in [1.165, 1.54) is 36.4 Å². The molecule has 0 spiro atoms. The highest BCUT2D eigenvalue weighted by Crippen LogP contribution is 2.34. The van der Waals surface area contributed by atoms with Gasteiger partial charge < -0.3 is 0 Å². The summed E-state index contributed by atoms with van der Waals surface area (Å²) in [7, 11) is -7.91. The maximum Gasteiger partial charge on any atom is 0.416 e. The van der Waals surface area contributed by atoms with Gasteiger partial charge in [-0.1, -0.05) is 23.7 Å². The molecule has 0 aliphatic rings. The van der Waals surface area contributed by atoms with Crippen LogP contribution in [-0.4, -0.2) is 33.3 Å². The predicted molar refractivity (Wildman–Crippen MR) is 108 cm³/mol. The first-order chi connectivity index (χ1) is 14.3. The lowest BCUT2D eigenvalue weighted by Gasteiger charge is -2.13. The number of benzene rings is 2. The van der Waals surface area contributed by atoms with Gasteiger partial charge in [-0.25, -0.2) is 16.8 Å². The van der Waals surface area contributed by atoms with Crippen LogP contribution in [0.3, 0.4) is 0 Å². The molecule has 1 heterocycles. The van der Waals surface area contributed by atoms with Gasteiger partial charge in [-0.15, -0.1) is 10.2 Å². The number of alkyl halides is 3. The number of hydrogen-bond donors (Lipinski definition) is 1. The summed E-state index contributed by atoms with van der Waals surface area (Å²) in [5, 5.41) is 6.89. The third-order valence-corrected chi connectivity index (χ3v) is 6.84. The molecule has 164 valence electrons. The van der Waals surface area contributed by atoms with Crippen LogP contribution in [0.25, 0.3) is 11.3 Å². The van der Waals surface area contributed by atoms with Crippen LogP contribution in [0.2, 0.25) is 5.02 Å². The Labute approximate surface area is 180 Å². The monoisotopic (exact) mass is 491 g/mol. The quantitative estimate of drug-likeness (QED) is 0.578. The van der Waals surface area contributed by atoms with Gasteiger partial charge in [0, 0.05) is 17.5 Å². The van der Waals surface area contributed by atoms with Crippen LogP contribution < -0.4 is 4.72 Å². The van der Waals surface area contributed by atoms with Gasteiger partial charge in [0.25, 0.3) is 10.0 Å². The molecule has 0 atom stereocenters. The molecule has 3 rings (SSSR count). The lowest BCUT2D eigenvalue weighted by molar-refractivity contribution is -0.137. The molecule has 13 heteroatoms. The fraction of sp³-hybridized carbons (Fsp3) is 0.111. The van der Waals surface area contributed by atoms with Gasteiger partial charge in [-0.2, -0.15) is 13.2 Å². The molecular formula is C18H13ClF3N3O4S2. The van der Waals surface area contributed by atoms with Crippen LogP contribution >= 0.6 is 11.6 Å². The molecule has 0 fully saturated rings. The summed E-state index contributed by atoms with van der Waals surface area (Å²) in [6.45, 7) is 0. The fourth-order valence-electron chi connectivity index (χ4n) is 2.48. The Morgan fingerprint density at radius 2 is 1.55 bits per heavy atom. The number of nitrogens with one attached hydrogen (secondary N) is 1. The van der Waals surface area contributed by atoms with Gasteiger partial charge in [0.05, 0.1) is 16.3 Å². The number of sulfone groups is 1. The maximum atomic E-state index is 12.9. The minimum absolute atomic E-state index is 0.0675. The highest BCUT2D eigenvalue weighted by molar-refractivity contribution is 7.92. The summed E-state index contributed by atoms with van der Waals surface area (Å²) in [4.78, 5) is -0.713. The molecule has 7 nitrogen and oxygen atoms in total. The summed E-state index contributed by atoms with van der Waals surface area (Å²) in [6, 6.07) is 10.4. The molecule has 2 aromatic carbocycles. The summed E-state index contributed by atoms with van der Waals surface area (Å²) < 4.78 is 88.9. The molecule has 3 aromatic rings. The van der Waals surface area contributed by atoms with E-state index < -0.39 is 36.5 Å². The Balaban J connectivity index is 1.86. The molecule has 1 aromatic heterocycles. The van der Waals surface area contributed by atoms with E-state index >= 15 is 0 Å². The van der Waals surface area contributed by atoms with E-state index in [1.54, 1.807) is 0 Å². The molecule has 0 saturated carbocycles. The zero-order valence-electron chi connectivity index (χ0n) is 15.6. The van der Waals surface area contributed by atoms with Gasteiger partial charge in [0.2, 0.25) is 0 Å². The van der Waals surface area contributed by atoms with Crippen molar-refractivity contribution in [3.8, 4) is 11.3 Å². The molecular weight excluding hydrogens is 479 g/mol. The Kier molecular flexibility index (Phi) is 6.00. The SMILES string of the molecule is CS(=O)(=O)c1ccc(-c2ccc(NS(=O)(=O)c3cc(C(F)(F)F)ccc3Cl)cc2)nn1. The summed E-state index contributed by atoms with van der Waals surface area (Å²) in [6.07, 6.45) is -3.74. The van der Waals surface area contributed by atoms with Crippen LogP contribution in [0.4, 0.5) is 18.9 Å². The van der Waals surface area contributed by atoms with Crippen molar-refractivity contribution in [3.63, 3.8) is 0 Å². The van der Waals surface area contributed by atoms with Crippen molar-refractivity contribution in [1.29, 1.82) is 0 Å². The van der Waals surface area contributed by atoms with Crippen molar-refractivity contribution >= 4 is 37.1 Å². The van der Waals surface area contributed by atoms with Crippen LogP contribution in [0.5, 0.6) is 0 Å². The largest absolute Gasteiger partial charge is 0.416 e. The van der Waals surface area contributed by atoms with Crippen LogP contribution in [0, 0.1) is 0 Å². The first kappa shape index (κ1) is 23.0. The second-order valence-corrected chi connectivity index (χ2v) is 10.4. The van der Waals surface area contributed by atoms with E-state index in [2.05, 4.69) is 14.9 Å². The van der Waals surface area contributed by atoms with E-state index in [9.17, 15) is 30.0 Å². The number of nitrogens with zero attached hydrogens (tertiary/aromatic N) is 2. The van der Waals surface area contributed by atoms with Gasteiger partial charge >= 0.3 is 6.18 Å². The minimum Gasteiger partial charge on any atom is -0.280 e.